The van der Waals surface area contributed by atoms with Gasteiger partial charge in [0.15, 0.2) is 5.82 Å². The predicted molar refractivity (Wildman–Crippen MR) is 182 cm³/mol. The van der Waals surface area contributed by atoms with Gasteiger partial charge in [-0.15, -0.1) is 0 Å². The lowest BCUT2D eigenvalue weighted by Crippen LogP contribution is -2.06. The van der Waals surface area contributed by atoms with Crippen molar-refractivity contribution in [2.45, 2.75) is 46.1 Å². The average molecular weight is 607 g/mol. The van der Waals surface area contributed by atoms with Crippen LogP contribution in [0.15, 0.2) is 88.2 Å². The van der Waals surface area contributed by atoms with Gasteiger partial charge in [-0.3, -0.25) is 9.51 Å². The highest BCUT2D eigenvalue weighted by Crippen LogP contribution is 2.36. The Balaban J connectivity index is 1.23. The first-order valence-corrected chi connectivity index (χ1v) is 15.9. The van der Waals surface area contributed by atoms with Crippen LogP contribution in [0.25, 0.3) is 45.1 Å². The van der Waals surface area contributed by atoms with Gasteiger partial charge in [0.05, 0.1) is 22.1 Å². The summed E-state index contributed by atoms with van der Waals surface area (Å²) in [5, 5.41) is 3.93. The van der Waals surface area contributed by atoms with Crippen molar-refractivity contribution in [3.63, 3.8) is 0 Å². The smallest absolute Gasteiger partial charge is 0.327 e. The molecule has 0 bridgehead atoms. The Kier molecular flexibility index (Phi) is 6.78. The van der Waals surface area contributed by atoms with Gasteiger partial charge in [0.2, 0.25) is 0 Å². The van der Waals surface area contributed by atoms with E-state index < -0.39 is 5.76 Å². The molecule has 3 aromatic heterocycles. The molecule has 8 heteroatoms. The highest BCUT2D eigenvalue weighted by atomic mass is 16.5. The molecular weight excluding hydrogens is 572 g/mol. The molecule has 0 spiro atoms. The van der Waals surface area contributed by atoms with Crippen molar-refractivity contribution in [2.75, 3.05) is 0 Å². The van der Waals surface area contributed by atoms with Crippen molar-refractivity contribution in [2.24, 2.45) is 7.05 Å². The SMILES string of the molecule is CCCc1nc2c(C)cc(-c3nc4ccccc4n3C)cc2n1Cc1ccc2c(c1)CCc1ccccc1C2=Cc1noc(=O)[nH]1. The van der Waals surface area contributed by atoms with Crippen LogP contribution in [-0.4, -0.2) is 29.2 Å². The third-order valence-corrected chi connectivity index (χ3v) is 9.15. The van der Waals surface area contributed by atoms with Gasteiger partial charge >= 0.3 is 5.76 Å². The second-order valence-electron chi connectivity index (χ2n) is 12.2. The van der Waals surface area contributed by atoms with Crippen LogP contribution in [0.5, 0.6) is 0 Å². The maximum atomic E-state index is 11.7. The number of aryl methyl sites for hydroxylation is 5. The molecule has 3 heterocycles. The molecule has 1 aliphatic rings. The number of imidazole rings is 2. The molecule has 7 aromatic rings. The van der Waals surface area contributed by atoms with Crippen molar-refractivity contribution < 1.29 is 4.52 Å². The number of benzene rings is 4. The van der Waals surface area contributed by atoms with Crippen LogP contribution in [0.2, 0.25) is 0 Å². The Bertz CT molecular complexity index is 2370. The van der Waals surface area contributed by atoms with Crippen molar-refractivity contribution in [3.8, 4) is 11.4 Å². The Morgan fingerprint density at radius 1 is 0.913 bits per heavy atom. The van der Waals surface area contributed by atoms with E-state index in [4.69, 9.17) is 14.5 Å². The van der Waals surface area contributed by atoms with Crippen molar-refractivity contribution in [1.29, 1.82) is 0 Å². The van der Waals surface area contributed by atoms with E-state index in [9.17, 15) is 4.79 Å². The van der Waals surface area contributed by atoms with Crippen molar-refractivity contribution in [1.82, 2.24) is 29.2 Å². The monoisotopic (exact) mass is 606 g/mol. The summed E-state index contributed by atoms with van der Waals surface area (Å²) in [6.07, 6.45) is 5.67. The summed E-state index contributed by atoms with van der Waals surface area (Å²) in [5.41, 5.74) is 13.6. The zero-order valence-electron chi connectivity index (χ0n) is 26.2. The summed E-state index contributed by atoms with van der Waals surface area (Å²) < 4.78 is 9.37. The fourth-order valence-electron chi connectivity index (χ4n) is 6.97. The van der Waals surface area contributed by atoms with Gasteiger partial charge in [-0.25, -0.2) is 14.8 Å². The van der Waals surface area contributed by atoms with Crippen LogP contribution in [0.3, 0.4) is 0 Å². The van der Waals surface area contributed by atoms with Crippen LogP contribution in [0.4, 0.5) is 0 Å². The van der Waals surface area contributed by atoms with Gasteiger partial charge in [-0.2, -0.15) is 0 Å². The highest BCUT2D eigenvalue weighted by Gasteiger charge is 2.21. The lowest BCUT2D eigenvalue weighted by atomic mass is 9.92. The van der Waals surface area contributed by atoms with E-state index in [1.54, 1.807) is 0 Å². The molecule has 8 nitrogen and oxygen atoms in total. The largest absolute Gasteiger partial charge is 0.439 e. The van der Waals surface area contributed by atoms with Crippen LogP contribution in [-0.2, 0) is 32.9 Å². The molecule has 4 aromatic carbocycles. The molecule has 0 saturated carbocycles. The lowest BCUT2D eigenvalue weighted by molar-refractivity contribution is 0.385. The number of fused-ring (bicyclic) bond motifs is 4. The predicted octanol–water partition coefficient (Wildman–Crippen LogP) is 7.26. The Labute approximate surface area is 266 Å². The number of aromatic amines is 1. The molecule has 0 fully saturated rings. The van der Waals surface area contributed by atoms with E-state index >= 15 is 0 Å². The number of hydrogen-bond donors (Lipinski definition) is 1. The number of nitrogens with one attached hydrogen (secondary N) is 1. The molecule has 1 aliphatic carbocycles. The van der Waals surface area contributed by atoms with E-state index in [1.165, 1.54) is 16.7 Å². The highest BCUT2D eigenvalue weighted by molar-refractivity contribution is 5.93. The minimum atomic E-state index is -0.561. The molecule has 0 saturated heterocycles. The summed E-state index contributed by atoms with van der Waals surface area (Å²) in [7, 11) is 2.08. The third-order valence-electron chi connectivity index (χ3n) is 9.15. The quantitative estimate of drug-likeness (QED) is 0.215. The number of H-pyrrole nitrogens is 1. The van der Waals surface area contributed by atoms with Gasteiger partial charge < -0.3 is 9.13 Å². The van der Waals surface area contributed by atoms with Crippen LogP contribution < -0.4 is 5.76 Å². The average Bonchev–Trinajstić information content (AvgIpc) is 3.71. The van der Waals surface area contributed by atoms with Gasteiger partial charge in [0.25, 0.3) is 0 Å². The van der Waals surface area contributed by atoms with Crippen LogP contribution in [0.1, 0.15) is 58.4 Å². The third kappa shape index (κ3) is 4.77. The zero-order valence-corrected chi connectivity index (χ0v) is 26.2. The maximum Gasteiger partial charge on any atom is 0.439 e. The first-order valence-electron chi connectivity index (χ1n) is 15.9. The number of para-hydroxylation sites is 2. The van der Waals surface area contributed by atoms with Gasteiger partial charge in [-0.05, 0) is 95.5 Å². The molecule has 0 unspecified atom stereocenters. The Hall–Kier alpha value is -5.50. The Morgan fingerprint density at radius 2 is 1.72 bits per heavy atom. The van der Waals surface area contributed by atoms with Gasteiger partial charge in [0, 0.05) is 25.6 Å². The molecule has 46 heavy (non-hydrogen) atoms. The first kappa shape index (κ1) is 28.0. The lowest BCUT2D eigenvalue weighted by Gasteiger charge is -2.15. The number of rotatable bonds is 6. The first-order chi connectivity index (χ1) is 22.5. The normalized spacial score (nSPS) is 13.8. The molecule has 228 valence electrons. The summed E-state index contributed by atoms with van der Waals surface area (Å²) >= 11 is 0. The second kappa shape index (κ2) is 11.1. The van der Waals surface area contributed by atoms with Gasteiger partial charge in [-0.1, -0.05) is 66.7 Å². The van der Waals surface area contributed by atoms with Crippen LogP contribution in [0, 0.1) is 6.92 Å². The second-order valence-corrected chi connectivity index (χ2v) is 12.2. The van der Waals surface area contributed by atoms with Crippen molar-refractivity contribution >= 4 is 33.7 Å². The van der Waals surface area contributed by atoms with Gasteiger partial charge in [0.1, 0.15) is 11.6 Å². The van der Waals surface area contributed by atoms with Crippen molar-refractivity contribution in [3.05, 3.63) is 134 Å². The Morgan fingerprint density at radius 3 is 2.54 bits per heavy atom. The summed E-state index contributed by atoms with van der Waals surface area (Å²) in [4.78, 5) is 24.6. The fraction of sp³-hybridized carbons (Fsp3) is 0.211. The summed E-state index contributed by atoms with van der Waals surface area (Å²) in [5.74, 6) is 1.90. The standard InChI is InChI=1S/C38H34N6O2/c1-4-9-35-41-36-23(2)18-27(37-39-31-12-7-8-13-32(31)43(37)3)20-33(36)44(35)22-24-14-17-29-26(19-24)16-15-25-10-5-6-11-28(25)30(29)21-34-40-38(45)46-42-34/h5-8,10-14,17-21H,4,9,15-16,22H2,1-3H3,(H,40,42,45). The number of aromatic nitrogens is 6. The molecule has 8 rings (SSSR count). The van der Waals surface area contributed by atoms with E-state index in [0.29, 0.717) is 12.4 Å². The zero-order chi connectivity index (χ0) is 31.4. The van der Waals surface area contributed by atoms with E-state index in [1.807, 2.05) is 12.1 Å². The minimum absolute atomic E-state index is 0.410. The van der Waals surface area contributed by atoms with E-state index in [-0.39, 0.29) is 0 Å². The summed E-state index contributed by atoms with van der Waals surface area (Å²) in [6.45, 7) is 5.07. The molecule has 0 amide bonds. The molecule has 0 atom stereocenters. The van der Waals surface area contributed by atoms with Crippen LogP contribution >= 0.6 is 0 Å². The molecule has 0 aliphatic heterocycles. The fourth-order valence-corrected chi connectivity index (χ4v) is 6.97. The van der Waals surface area contributed by atoms with E-state index in [0.717, 1.165) is 87.2 Å². The molecule has 1 N–H and O–H groups in total. The summed E-state index contributed by atoms with van der Waals surface area (Å²) in [6, 6.07) is 28.0. The number of hydrogen-bond acceptors (Lipinski definition) is 5. The number of nitrogens with zero attached hydrogens (tertiary/aromatic N) is 5. The maximum absolute atomic E-state index is 11.7. The molecule has 0 radical (unpaired) electrons. The molecular formula is C38H34N6O2. The topological polar surface area (TPSA) is 94.5 Å². The minimum Gasteiger partial charge on any atom is -0.327 e. The van der Waals surface area contributed by atoms with E-state index in [2.05, 4.69) is 113 Å².